The van der Waals surface area contributed by atoms with Crippen LogP contribution in [-0.2, 0) is 6.42 Å². The van der Waals surface area contributed by atoms with Crippen molar-refractivity contribution in [3.05, 3.63) is 62.2 Å². The summed E-state index contributed by atoms with van der Waals surface area (Å²) < 4.78 is 15.7. The van der Waals surface area contributed by atoms with Crippen LogP contribution in [0.4, 0.5) is 4.39 Å². The van der Waals surface area contributed by atoms with Crippen LogP contribution in [0, 0.1) is 5.82 Å². The van der Waals surface area contributed by atoms with Crippen LogP contribution in [0.15, 0.2) is 35.1 Å². The van der Waals surface area contributed by atoms with Crippen LogP contribution in [0.5, 0.6) is 0 Å². The van der Waals surface area contributed by atoms with Crippen LogP contribution in [-0.4, -0.2) is 14.5 Å². The van der Waals surface area contributed by atoms with Crippen molar-refractivity contribution in [1.82, 2.24) is 14.5 Å². The number of hydrogen-bond acceptors (Lipinski definition) is 2. The average Bonchev–Trinajstić information content (AvgIpc) is 2.93. The Morgan fingerprint density at radius 2 is 2.04 bits per heavy atom. The van der Waals surface area contributed by atoms with Crippen LogP contribution in [0.1, 0.15) is 18.5 Å². The van der Waals surface area contributed by atoms with Gasteiger partial charge in [-0.3, -0.25) is 4.57 Å². The molecule has 0 saturated heterocycles. The fourth-order valence-corrected chi connectivity index (χ4v) is 4.22. The summed E-state index contributed by atoms with van der Waals surface area (Å²) in [5, 5.41) is 2.18. The number of rotatable bonds is 0. The summed E-state index contributed by atoms with van der Waals surface area (Å²) in [6.45, 7) is 1.96. The van der Waals surface area contributed by atoms with E-state index in [1.54, 1.807) is 28.8 Å². The smallest absolute Gasteiger partial charge is 0.348 e. The van der Waals surface area contributed by atoms with Crippen LogP contribution in [0.25, 0.3) is 33.2 Å². The molecule has 1 aliphatic rings. The zero-order chi connectivity index (χ0) is 18.2. The number of aromatic nitrogens is 3. The van der Waals surface area contributed by atoms with Gasteiger partial charge in [0.25, 0.3) is 0 Å². The van der Waals surface area contributed by atoms with Crippen LogP contribution in [0.3, 0.4) is 0 Å². The number of nitrogens with one attached hydrogen (secondary N) is 1. The molecule has 0 unspecified atom stereocenters. The van der Waals surface area contributed by atoms with Crippen molar-refractivity contribution in [1.29, 1.82) is 0 Å². The molecule has 7 heteroatoms. The summed E-state index contributed by atoms with van der Waals surface area (Å²) >= 11 is 12.1. The van der Waals surface area contributed by atoms with Crippen molar-refractivity contribution in [2.45, 2.75) is 19.4 Å². The standard InChI is InChI=1S/C19H12Cl2FN3O/c1-8-4-11-10-6-14(22)13(21)7-16(10)23-17(11)18-12-5-9(20)2-3-15(12)24-19(26)25(8)18/h2-3,5-8,23H,4H2,1H3/t8-/m0/s1. The second-order valence-electron chi connectivity index (χ2n) is 6.62. The Labute approximate surface area is 157 Å². The lowest BCUT2D eigenvalue weighted by Crippen LogP contribution is -2.31. The van der Waals surface area contributed by atoms with E-state index in [-0.39, 0.29) is 16.8 Å². The maximum Gasteiger partial charge on any atom is 0.348 e. The Morgan fingerprint density at radius 1 is 1.23 bits per heavy atom. The first-order valence-corrected chi connectivity index (χ1v) is 8.91. The van der Waals surface area contributed by atoms with Gasteiger partial charge in [-0.15, -0.1) is 0 Å². The van der Waals surface area contributed by atoms with E-state index >= 15 is 0 Å². The van der Waals surface area contributed by atoms with Gasteiger partial charge >= 0.3 is 5.69 Å². The van der Waals surface area contributed by atoms with E-state index in [4.69, 9.17) is 23.2 Å². The molecule has 2 aromatic heterocycles. The highest BCUT2D eigenvalue weighted by molar-refractivity contribution is 6.32. The molecule has 0 bridgehead atoms. The second-order valence-corrected chi connectivity index (χ2v) is 7.46. The molecule has 4 aromatic rings. The number of fused-ring (bicyclic) bond motifs is 7. The topological polar surface area (TPSA) is 50.7 Å². The molecule has 0 spiro atoms. The molecule has 26 heavy (non-hydrogen) atoms. The number of benzene rings is 2. The largest absolute Gasteiger partial charge is 0.353 e. The lowest BCUT2D eigenvalue weighted by atomic mass is 9.95. The van der Waals surface area contributed by atoms with E-state index in [9.17, 15) is 9.18 Å². The summed E-state index contributed by atoms with van der Waals surface area (Å²) in [5.41, 5.74) is 3.48. The molecule has 130 valence electrons. The first kappa shape index (κ1) is 15.9. The molecule has 1 atom stereocenters. The van der Waals surface area contributed by atoms with Gasteiger partial charge in [-0.1, -0.05) is 23.2 Å². The van der Waals surface area contributed by atoms with Crippen molar-refractivity contribution in [3.8, 4) is 11.4 Å². The predicted molar refractivity (Wildman–Crippen MR) is 102 cm³/mol. The molecule has 0 fully saturated rings. The highest BCUT2D eigenvalue weighted by Gasteiger charge is 2.29. The molecule has 4 nitrogen and oxygen atoms in total. The third-order valence-corrected chi connectivity index (χ3v) is 5.53. The van der Waals surface area contributed by atoms with Gasteiger partial charge in [-0.2, -0.15) is 4.98 Å². The summed E-state index contributed by atoms with van der Waals surface area (Å²) in [7, 11) is 0. The minimum absolute atomic E-state index is 0.0594. The monoisotopic (exact) mass is 387 g/mol. The number of hydrogen-bond donors (Lipinski definition) is 1. The van der Waals surface area contributed by atoms with Gasteiger partial charge in [0.1, 0.15) is 5.82 Å². The second kappa shape index (κ2) is 5.32. The number of halogens is 3. The van der Waals surface area contributed by atoms with Crippen molar-refractivity contribution < 1.29 is 4.39 Å². The number of nitrogens with zero attached hydrogens (tertiary/aromatic N) is 2. The van der Waals surface area contributed by atoms with Crippen LogP contribution < -0.4 is 5.69 Å². The van der Waals surface area contributed by atoms with Gasteiger partial charge < -0.3 is 4.98 Å². The van der Waals surface area contributed by atoms with E-state index in [0.29, 0.717) is 17.0 Å². The van der Waals surface area contributed by atoms with E-state index in [1.165, 1.54) is 6.07 Å². The zero-order valence-corrected chi connectivity index (χ0v) is 15.1. The van der Waals surface area contributed by atoms with Gasteiger partial charge in [0, 0.05) is 27.4 Å². The molecular weight excluding hydrogens is 376 g/mol. The van der Waals surface area contributed by atoms with Crippen molar-refractivity contribution in [2.75, 3.05) is 0 Å². The summed E-state index contributed by atoms with van der Waals surface area (Å²) in [6.07, 6.45) is 0.594. The lowest BCUT2D eigenvalue weighted by Gasteiger charge is -2.26. The van der Waals surface area contributed by atoms with E-state index in [2.05, 4.69) is 9.97 Å². The third-order valence-electron chi connectivity index (χ3n) is 5.00. The zero-order valence-electron chi connectivity index (χ0n) is 13.6. The van der Waals surface area contributed by atoms with Gasteiger partial charge in [0.05, 0.1) is 21.9 Å². The van der Waals surface area contributed by atoms with Crippen LogP contribution in [0.2, 0.25) is 10.0 Å². The highest BCUT2D eigenvalue weighted by Crippen LogP contribution is 2.41. The Hall–Kier alpha value is -2.37. The Bertz CT molecular complexity index is 1290. The molecule has 2 aromatic carbocycles. The molecule has 0 radical (unpaired) electrons. The number of H-pyrrole nitrogens is 1. The molecular formula is C19H12Cl2FN3O. The van der Waals surface area contributed by atoms with Gasteiger partial charge in [0.15, 0.2) is 0 Å². The molecule has 5 rings (SSSR count). The van der Waals surface area contributed by atoms with E-state index in [0.717, 1.165) is 33.2 Å². The van der Waals surface area contributed by atoms with Crippen LogP contribution >= 0.6 is 23.2 Å². The van der Waals surface area contributed by atoms with Gasteiger partial charge in [0.2, 0.25) is 0 Å². The maximum absolute atomic E-state index is 14.0. The average molecular weight is 388 g/mol. The molecule has 1 aliphatic heterocycles. The van der Waals surface area contributed by atoms with E-state index < -0.39 is 5.82 Å². The lowest BCUT2D eigenvalue weighted by molar-refractivity contribution is 0.514. The van der Waals surface area contributed by atoms with Gasteiger partial charge in [-0.25, -0.2) is 9.18 Å². The molecule has 0 amide bonds. The summed E-state index contributed by atoms with van der Waals surface area (Å²) in [4.78, 5) is 20.1. The minimum atomic E-state index is -0.459. The molecule has 1 N–H and O–H groups in total. The maximum atomic E-state index is 14.0. The van der Waals surface area contributed by atoms with Gasteiger partial charge in [-0.05, 0) is 49.2 Å². The highest BCUT2D eigenvalue weighted by atomic mass is 35.5. The summed E-state index contributed by atoms with van der Waals surface area (Å²) in [5.74, 6) is -0.459. The van der Waals surface area contributed by atoms with E-state index in [1.807, 2.05) is 6.92 Å². The Balaban J connectivity index is 1.98. The summed E-state index contributed by atoms with van der Waals surface area (Å²) in [6, 6.07) is 8.16. The minimum Gasteiger partial charge on any atom is -0.353 e. The first-order chi connectivity index (χ1) is 12.4. The fourth-order valence-electron chi connectivity index (χ4n) is 3.89. The molecule has 0 saturated carbocycles. The number of aromatic amines is 1. The Morgan fingerprint density at radius 3 is 2.85 bits per heavy atom. The molecule has 0 aliphatic carbocycles. The predicted octanol–water partition coefficient (Wildman–Crippen LogP) is 5.11. The first-order valence-electron chi connectivity index (χ1n) is 8.16. The quantitative estimate of drug-likeness (QED) is 0.455. The molecule has 3 heterocycles. The normalized spacial score (nSPS) is 16.1. The third kappa shape index (κ3) is 2.07. The Kier molecular flexibility index (Phi) is 3.24. The van der Waals surface area contributed by atoms with Crippen molar-refractivity contribution in [2.24, 2.45) is 0 Å². The van der Waals surface area contributed by atoms with Crippen molar-refractivity contribution >= 4 is 45.0 Å². The fraction of sp³-hybridized carbons (Fsp3) is 0.158. The van der Waals surface area contributed by atoms with Crippen molar-refractivity contribution in [3.63, 3.8) is 0 Å². The SMILES string of the molecule is C[C@H]1Cc2c([nH]c3cc(Cl)c(F)cc23)-c2c3cc(Cl)ccc3nc(=O)n21.